The van der Waals surface area contributed by atoms with E-state index >= 15 is 0 Å². The molecular weight excluding hydrogens is 388 g/mol. The molecule has 172 valence electrons. The van der Waals surface area contributed by atoms with Crippen molar-refractivity contribution < 1.29 is 10.2 Å². The van der Waals surface area contributed by atoms with Gasteiger partial charge in [-0.1, -0.05) is 19.9 Å². The molecule has 1 aliphatic heterocycles. The number of nitrogens with zero attached hydrogens (tertiary/aromatic N) is 2. The van der Waals surface area contributed by atoms with Crippen LogP contribution in [0.25, 0.3) is 0 Å². The molecule has 0 saturated heterocycles. The summed E-state index contributed by atoms with van der Waals surface area (Å²) in [6, 6.07) is 0. The highest BCUT2D eigenvalue weighted by Gasteiger charge is 2.66. The number of nitrogens with one attached hydrogen (secondary N) is 2. The van der Waals surface area contributed by atoms with Gasteiger partial charge in [0.25, 0.3) is 0 Å². The predicted octanol–water partition coefficient (Wildman–Crippen LogP) is 3.21. The van der Waals surface area contributed by atoms with Crippen molar-refractivity contribution in [2.45, 2.75) is 83.3 Å². The largest absolute Gasteiger partial charge is 0.393 e. The zero-order chi connectivity index (χ0) is 21.7. The van der Waals surface area contributed by atoms with Crippen LogP contribution >= 0.6 is 0 Å². The van der Waals surface area contributed by atoms with Crippen LogP contribution in [0.15, 0.2) is 22.2 Å². The fraction of sp³-hybridized carbons (Fsp3) is 0.840. The lowest BCUT2D eigenvalue weighted by Gasteiger charge is -2.63. The quantitative estimate of drug-likeness (QED) is 0.410. The van der Waals surface area contributed by atoms with Crippen LogP contribution in [0.5, 0.6) is 0 Å². The number of fused-ring (bicyclic) bond motifs is 5. The monoisotopic (exact) mass is 428 g/mol. The molecule has 6 nitrogen and oxygen atoms in total. The molecule has 4 fully saturated rings. The highest BCUT2D eigenvalue weighted by atomic mass is 16.3. The maximum absolute atomic E-state index is 12.2. The molecule has 6 heteroatoms. The average molecular weight is 429 g/mol. The number of guanidine groups is 1. The van der Waals surface area contributed by atoms with Crippen molar-refractivity contribution in [1.82, 2.24) is 10.7 Å². The van der Waals surface area contributed by atoms with Crippen molar-refractivity contribution in [1.29, 1.82) is 0 Å². The molecule has 0 radical (unpaired) electrons. The molecule has 0 aromatic heterocycles. The molecule has 5 aliphatic rings. The Morgan fingerprint density at radius 3 is 2.77 bits per heavy atom. The first-order valence-electron chi connectivity index (χ1n) is 12.5. The van der Waals surface area contributed by atoms with Gasteiger partial charge in [0.2, 0.25) is 5.96 Å². The summed E-state index contributed by atoms with van der Waals surface area (Å²) in [5, 5.41) is 29.8. The van der Waals surface area contributed by atoms with Crippen molar-refractivity contribution in [3.05, 3.63) is 12.2 Å². The molecule has 4 aliphatic carbocycles. The molecule has 8 atom stereocenters. The summed E-state index contributed by atoms with van der Waals surface area (Å²) in [5.41, 5.74) is 2.62. The third-order valence-corrected chi connectivity index (χ3v) is 10.2. The molecule has 1 heterocycles. The van der Waals surface area contributed by atoms with Crippen molar-refractivity contribution in [2.75, 3.05) is 13.1 Å². The highest BCUT2D eigenvalue weighted by Crippen LogP contribution is 2.69. The van der Waals surface area contributed by atoms with Gasteiger partial charge in [0, 0.05) is 18.2 Å². The Morgan fingerprint density at radius 1 is 1.10 bits per heavy atom. The molecular formula is C25H40N4O2. The zero-order valence-electron chi connectivity index (χ0n) is 19.2. The van der Waals surface area contributed by atoms with Crippen molar-refractivity contribution in [3.8, 4) is 0 Å². The van der Waals surface area contributed by atoms with Gasteiger partial charge in [0.1, 0.15) is 0 Å². The van der Waals surface area contributed by atoms with E-state index in [9.17, 15) is 10.2 Å². The fourth-order valence-electron chi connectivity index (χ4n) is 8.35. The highest BCUT2D eigenvalue weighted by molar-refractivity contribution is 5.82. The first-order chi connectivity index (χ1) is 14.9. The fourth-order valence-corrected chi connectivity index (χ4v) is 8.35. The van der Waals surface area contributed by atoms with Crippen molar-refractivity contribution in [3.63, 3.8) is 0 Å². The van der Waals surface area contributed by atoms with Crippen LogP contribution in [0.4, 0.5) is 0 Å². The molecule has 0 bridgehead atoms. The van der Waals surface area contributed by atoms with Gasteiger partial charge in [-0.3, -0.25) is 0 Å². The number of rotatable bonds is 3. The number of allylic oxidation sites excluding steroid dienone is 2. The summed E-state index contributed by atoms with van der Waals surface area (Å²) in [6.07, 6.45) is 15.6. The van der Waals surface area contributed by atoms with Gasteiger partial charge in [-0.25, -0.2) is 10.4 Å². The van der Waals surface area contributed by atoms with E-state index in [1.54, 1.807) is 6.21 Å². The summed E-state index contributed by atoms with van der Waals surface area (Å²) in [5.74, 6) is 2.77. The van der Waals surface area contributed by atoms with Crippen LogP contribution in [0, 0.1) is 34.5 Å². The van der Waals surface area contributed by atoms with Crippen LogP contribution in [0.2, 0.25) is 0 Å². The maximum Gasteiger partial charge on any atom is 0.212 e. The molecule has 31 heavy (non-hydrogen) atoms. The molecule has 5 rings (SSSR count). The minimum atomic E-state index is -0.563. The Kier molecular flexibility index (Phi) is 5.45. The van der Waals surface area contributed by atoms with Crippen LogP contribution in [0.1, 0.15) is 71.6 Å². The lowest BCUT2D eigenvalue weighted by molar-refractivity contribution is -0.207. The molecule has 0 spiro atoms. The minimum absolute atomic E-state index is 0.0552. The molecule has 4 saturated carbocycles. The number of hydrazone groups is 1. The Hall–Kier alpha value is -1.40. The SMILES string of the molecule is C[C@]12CC[C@H](O)C[C@H]1CC[C@@H]1[C@@H]2CC[C@]2(C)[C@@H](/C=C/C=N\NC3=NCCN3)CC[C@]12O. The lowest BCUT2D eigenvalue weighted by atomic mass is 9.43. The van der Waals surface area contributed by atoms with Crippen molar-refractivity contribution >= 4 is 12.2 Å². The number of aliphatic hydroxyl groups excluding tert-OH is 1. The summed E-state index contributed by atoms with van der Waals surface area (Å²) in [4.78, 5) is 4.27. The van der Waals surface area contributed by atoms with E-state index in [-0.39, 0.29) is 11.5 Å². The van der Waals surface area contributed by atoms with Crippen LogP contribution in [-0.4, -0.2) is 47.2 Å². The second-order valence-corrected chi connectivity index (χ2v) is 11.4. The zero-order valence-corrected chi connectivity index (χ0v) is 19.2. The normalized spacial score (nSPS) is 49.4. The van der Waals surface area contributed by atoms with E-state index < -0.39 is 5.60 Å². The number of hydrogen-bond donors (Lipinski definition) is 4. The van der Waals surface area contributed by atoms with Gasteiger partial charge in [-0.05, 0) is 93.0 Å². The number of aliphatic hydroxyl groups is 2. The average Bonchev–Trinajstić information content (AvgIpc) is 3.35. The topological polar surface area (TPSA) is 89.2 Å². The van der Waals surface area contributed by atoms with E-state index in [2.05, 4.69) is 40.8 Å². The summed E-state index contributed by atoms with van der Waals surface area (Å²) < 4.78 is 0. The summed E-state index contributed by atoms with van der Waals surface area (Å²) in [7, 11) is 0. The Labute approximate surface area is 186 Å². The number of hydrogen-bond acceptors (Lipinski definition) is 6. The molecule has 0 unspecified atom stereocenters. The van der Waals surface area contributed by atoms with Crippen LogP contribution in [0.3, 0.4) is 0 Å². The van der Waals surface area contributed by atoms with Gasteiger partial charge in [0.15, 0.2) is 0 Å². The van der Waals surface area contributed by atoms with Crippen molar-refractivity contribution in [2.24, 2.45) is 44.6 Å². The second kappa shape index (κ2) is 7.87. The molecule has 0 amide bonds. The summed E-state index contributed by atoms with van der Waals surface area (Å²) >= 11 is 0. The second-order valence-electron chi connectivity index (χ2n) is 11.4. The Bertz CT molecular complexity index is 781. The van der Waals surface area contributed by atoms with Gasteiger partial charge in [-0.2, -0.15) is 5.10 Å². The van der Waals surface area contributed by atoms with Gasteiger partial charge < -0.3 is 15.5 Å². The Balaban J connectivity index is 1.29. The molecule has 0 aromatic rings. The smallest absolute Gasteiger partial charge is 0.212 e. The third-order valence-electron chi connectivity index (χ3n) is 10.2. The molecule has 0 aromatic carbocycles. The van der Waals surface area contributed by atoms with Gasteiger partial charge in [0.05, 0.1) is 18.2 Å². The van der Waals surface area contributed by atoms with E-state index in [0.717, 1.165) is 64.0 Å². The lowest BCUT2D eigenvalue weighted by Crippen LogP contribution is -2.62. The van der Waals surface area contributed by atoms with E-state index in [1.807, 2.05) is 6.08 Å². The first-order valence-corrected chi connectivity index (χ1v) is 12.5. The maximum atomic E-state index is 12.2. The summed E-state index contributed by atoms with van der Waals surface area (Å²) in [6.45, 7) is 6.49. The molecule has 4 N–H and O–H groups in total. The standard InChI is InChI=1S/C25H40N4O2/c1-23-10-8-19(30)16-18(23)5-6-21-20(23)9-11-24(2)17(7-12-25(21,24)31)4-3-13-28-29-22-26-14-15-27-22/h3-4,13,17-21,30-31H,5-12,14-16H2,1-2H3,(H2,26,27,29)/b4-3+,28-13-/t17-,18+,19-,20-,21+,23-,24+,25-/m0/s1. The third kappa shape index (κ3) is 3.36. The van der Waals surface area contributed by atoms with E-state index in [1.165, 1.54) is 12.8 Å². The predicted molar refractivity (Wildman–Crippen MR) is 124 cm³/mol. The van der Waals surface area contributed by atoms with E-state index in [4.69, 9.17) is 0 Å². The van der Waals surface area contributed by atoms with Crippen LogP contribution in [-0.2, 0) is 0 Å². The van der Waals surface area contributed by atoms with Gasteiger partial charge >= 0.3 is 0 Å². The minimum Gasteiger partial charge on any atom is -0.393 e. The van der Waals surface area contributed by atoms with Gasteiger partial charge in [-0.15, -0.1) is 0 Å². The Morgan fingerprint density at radius 2 is 1.97 bits per heavy atom. The first kappa shape index (κ1) is 21.4. The number of aliphatic imine (C=N–C) groups is 1. The van der Waals surface area contributed by atoms with E-state index in [0.29, 0.717) is 29.1 Å². The van der Waals surface area contributed by atoms with Crippen LogP contribution < -0.4 is 10.7 Å².